The highest BCUT2D eigenvalue weighted by atomic mass is 79.9. The summed E-state index contributed by atoms with van der Waals surface area (Å²) < 4.78 is 24.7. The third-order valence-corrected chi connectivity index (χ3v) is 2.99. The zero-order valence-corrected chi connectivity index (χ0v) is 9.64. The highest BCUT2D eigenvalue weighted by Gasteiger charge is 2.23. The van der Waals surface area contributed by atoms with Crippen molar-refractivity contribution in [2.24, 2.45) is 5.73 Å². The van der Waals surface area contributed by atoms with Gasteiger partial charge in [-0.05, 0) is 25.5 Å². The van der Waals surface area contributed by atoms with Gasteiger partial charge in [0.1, 0.15) is 0 Å². The second-order valence-electron chi connectivity index (χ2n) is 3.28. The molecule has 1 aliphatic heterocycles. The van der Waals surface area contributed by atoms with Crippen LogP contribution in [0.3, 0.4) is 0 Å². The van der Waals surface area contributed by atoms with Gasteiger partial charge in [-0.2, -0.15) is 0 Å². The molecule has 1 aromatic carbocycles. The minimum absolute atomic E-state index is 0.0824. The van der Waals surface area contributed by atoms with Gasteiger partial charge in [-0.1, -0.05) is 15.9 Å². The Morgan fingerprint density at radius 3 is 3.00 bits per heavy atom. The smallest absolute Gasteiger partial charge is 0.231 e. The number of hydrogen-bond acceptors (Lipinski definition) is 3. The van der Waals surface area contributed by atoms with E-state index < -0.39 is 0 Å². The van der Waals surface area contributed by atoms with Crippen molar-refractivity contribution in [1.82, 2.24) is 0 Å². The van der Waals surface area contributed by atoms with Crippen LogP contribution in [0.25, 0.3) is 0 Å². The average molecular weight is 276 g/mol. The molecular formula is C10H11BrFNO2. The maximum Gasteiger partial charge on any atom is 0.231 e. The Labute approximate surface area is 95.5 Å². The van der Waals surface area contributed by atoms with Gasteiger partial charge in [0, 0.05) is 10.0 Å². The molecule has 15 heavy (non-hydrogen) atoms. The Hall–Kier alpha value is -0.810. The summed E-state index contributed by atoms with van der Waals surface area (Å²) in [4.78, 5) is 0. The van der Waals surface area contributed by atoms with Crippen molar-refractivity contribution in [3.8, 4) is 11.5 Å². The number of halogens is 2. The lowest BCUT2D eigenvalue weighted by molar-refractivity contribution is 0.170. The topological polar surface area (TPSA) is 44.5 Å². The molecule has 2 rings (SSSR count). The number of benzene rings is 1. The Morgan fingerprint density at radius 2 is 2.27 bits per heavy atom. The van der Waals surface area contributed by atoms with Crippen LogP contribution in [0.4, 0.5) is 4.39 Å². The van der Waals surface area contributed by atoms with Gasteiger partial charge < -0.3 is 15.2 Å². The fourth-order valence-electron chi connectivity index (χ4n) is 1.52. The molecule has 0 spiro atoms. The van der Waals surface area contributed by atoms with Gasteiger partial charge in [0.2, 0.25) is 12.5 Å². The summed E-state index contributed by atoms with van der Waals surface area (Å²) in [6, 6.07) is 1.73. The number of rotatable bonds is 3. The van der Waals surface area contributed by atoms with Crippen LogP contribution < -0.4 is 15.2 Å². The van der Waals surface area contributed by atoms with E-state index in [4.69, 9.17) is 15.2 Å². The van der Waals surface area contributed by atoms with Crippen LogP contribution in [0.1, 0.15) is 12.0 Å². The van der Waals surface area contributed by atoms with Crippen LogP contribution in [0, 0.1) is 5.82 Å². The van der Waals surface area contributed by atoms with Crippen LogP contribution in [0.5, 0.6) is 11.5 Å². The number of nitrogens with two attached hydrogens (primary N) is 1. The van der Waals surface area contributed by atoms with Crippen molar-refractivity contribution in [3.63, 3.8) is 0 Å². The normalized spacial score (nSPS) is 13.3. The monoisotopic (exact) mass is 275 g/mol. The fourth-order valence-corrected chi connectivity index (χ4v) is 2.10. The molecule has 0 atom stereocenters. The first-order valence-electron chi connectivity index (χ1n) is 4.70. The highest BCUT2D eigenvalue weighted by molar-refractivity contribution is 9.10. The highest BCUT2D eigenvalue weighted by Crippen LogP contribution is 2.40. The van der Waals surface area contributed by atoms with Crippen LogP contribution in [0.15, 0.2) is 10.5 Å². The number of hydrogen-bond donors (Lipinski definition) is 1. The molecule has 0 fully saturated rings. The van der Waals surface area contributed by atoms with Gasteiger partial charge in [0.15, 0.2) is 11.6 Å². The van der Waals surface area contributed by atoms with Gasteiger partial charge in [-0.15, -0.1) is 0 Å². The van der Waals surface area contributed by atoms with E-state index in [9.17, 15) is 4.39 Å². The minimum Gasteiger partial charge on any atom is -0.453 e. The molecular weight excluding hydrogens is 265 g/mol. The molecule has 0 aliphatic carbocycles. The van der Waals surface area contributed by atoms with Gasteiger partial charge in [0.25, 0.3) is 0 Å². The molecule has 0 saturated heterocycles. The molecule has 1 aliphatic rings. The zero-order valence-electron chi connectivity index (χ0n) is 8.06. The van der Waals surface area contributed by atoms with Crippen LogP contribution in [-0.4, -0.2) is 13.3 Å². The SMILES string of the molecule is NCCCc1c(Br)cc2c(c1F)OCO2. The molecule has 0 bridgehead atoms. The van der Waals surface area contributed by atoms with Gasteiger partial charge >= 0.3 is 0 Å². The summed E-state index contributed by atoms with van der Waals surface area (Å²) in [6.45, 7) is 0.624. The van der Waals surface area contributed by atoms with E-state index in [0.29, 0.717) is 28.8 Å². The molecule has 0 aromatic heterocycles. The van der Waals surface area contributed by atoms with Crippen molar-refractivity contribution < 1.29 is 13.9 Å². The van der Waals surface area contributed by atoms with E-state index in [1.54, 1.807) is 6.07 Å². The summed E-state index contributed by atoms with van der Waals surface area (Å²) in [5.41, 5.74) is 6.00. The number of ether oxygens (including phenoxy) is 2. The third-order valence-electron chi connectivity index (χ3n) is 2.28. The van der Waals surface area contributed by atoms with Gasteiger partial charge in [0.05, 0.1) is 0 Å². The van der Waals surface area contributed by atoms with E-state index >= 15 is 0 Å². The molecule has 0 saturated carbocycles. The van der Waals surface area contributed by atoms with Crippen molar-refractivity contribution >= 4 is 15.9 Å². The lowest BCUT2D eigenvalue weighted by Gasteiger charge is -2.07. The van der Waals surface area contributed by atoms with Crippen LogP contribution in [-0.2, 0) is 6.42 Å². The second kappa shape index (κ2) is 4.37. The lowest BCUT2D eigenvalue weighted by atomic mass is 10.1. The molecule has 0 amide bonds. The van der Waals surface area contributed by atoms with Crippen molar-refractivity contribution in [2.75, 3.05) is 13.3 Å². The fraction of sp³-hybridized carbons (Fsp3) is 0.400. The molecule has 82 valence electrons. The Morgan fingerprint density at radius 1 is 1.47 bits per heavy atom. The third kappa shape index (κ3) is 1.94. The zero-order chi connectivity index (χ0) is 10.8. The summed E-state index contributed by atoms with van der Waals surface area (Å²) in [5.74, 6) is 0.325. The van der Waals surface area contributed by atoms with Crippen LogP contribution >= 0.6 is 15.9 Å². The summed E-state index contributed by atoms with van der Waals surface area (Å²) >= 11 is 3.31. The second-order valence-corrected chi connectivity index (χ2v) is 4.13. The predicted octanol–water partition coefficient (Wildman–Crippen LogP) is 2.21. The Kier molecular flexibility index (Phi) is 3.11. The van der Waals surface area contributed by atoms with Crippen molar-refractivity contribution in [1.29, 1.82) is 0 Å². The lowest BCUT2D eigenvalue weighted by Crippen LogP contribution is -2.02. The summed E-state index contributed by atoms with van der Waals surface area (Å²) in [5, 5.41) is 0. The van der Waals surface area contributed by atoms with E-state index in [-0.39, 0.29) is 18.4 Å². The Balaban J connectivity index is 2.37. The maximum atomic E-state index is 13.9. The van der Waals surface area contributed by atoms with Crippen LogP contribution in [0.2, 0.25) is 0 Å². The van der Waals surface area contributed by atoms with Gasteiger partial charge in [-0.25, -0.2) is 4.39 Å². The first-order chi connectivity index (χ1) is 7.24. The first kappa shape index (κ1) is 10.7. The van der Waals surface area contributed by atoms with Gasteiger partial charge in [-0.3, -0.25) is 0 Å². The molecule has 3 nitrogen and oxygen atoms in total. The van der Waals surface area contributed by atoms with E-state index in [2.05, 4.69) is 15.9 Å². The predicted molar refractivity (Wildman–Crippen MR) is 57.6 cm³/mol. The Bertz CT molecular complexity index is 384. The van der Waals surface area contributed by atoms with E-state index in [0.717, 1.165) is 6.42 Å². The molecule has 0 unspecified atom stereocenters. The van der Waals surface area contributed by atoms with Crippen molar-refractivity contribution in [2.45, 2.75) is 12.8 Å². The maximum absolute atomic E-state index is 13.9. The molecule has 1 heterocycles. The molecule has 5 heteroatoms. The minimum atomic E-state index is -0.342. The van der Waals surface area contributed by atoms with Crippen molar-refractivity contribution in [3.05, 3.63) is 21.9 Å². The summed E-state index contributed by atoms with van der Waals surface area (Å²) in [6.07, 6.45) is 1.34. The van der Waals surface area contributed by atoms with E-state index in [1.807, 2.05) is 0 Å². The quantitative estimate of drug-likeness (QED) is 0.920. The molecule has 1 aromatic rings. The molecule has 2 N–H and O–H groups in total. The van der Waals surface area contributed by atoms with E-state index in [1.165, 1.54) is 0 Å². The average Bonchev–Trinajstić information content (AvgIpc) is 2.65. The number of fused-ring (bicyclic) bond motifs is 1. The molecule has 0 radical (unpaired) electrons. The summed E-state index contributed by atoms with van der Waals surface area (Å²) in [7, 11) is 0. The largest absolute Gasteiger partial charge is 0.453 e. The first-order valence-corrected chi connectivity index (χ1v) is 5.50. The standard InChI is InChI=1S/C10H11BrFNO2/c11-7-4-8-10(15-5-14-8)9(12)6(7)2-1-3-13/h4H,1-3,5,13H2.